The van der Waals surface area contributed by atoms with Crippen LogP contribution in [0.3, 0.4) is 0 Å². The van der Waals surface area contributed by atoms with E-state index in [1.165, 1.54) is 6.92 Å². The maximum absolute atomic E-state index is 9.46. The first-order valence-electron chi connectivity index (χ1n) is 1.06. The Morgan fingerprint density at radius 2 is 2.00 bits per heavy atom. The molecule has 0 aliphatic rings. The summed E-state index contributed by atoms with van der Waals surface area (Å²) in [5.41, 5.74) is 0. The van der Waals surface area contributed by atoms with Crippen molar-refractivity contribution < 1.29 is 9.08 Å². The number of hydrogen-bond donors (Lipinski definition) is 0. The first-order chi connectivity index (χ1) is 2.27. The van der Waals surface area contributed by atoms with Crippen LogP contribution in [0.2, 0.25) is 0 Å². The summed E-state index contributed by atoms with van der Waals surface area (Å²) in [7, 11) is 0. The van der Waals surface area contributed by atoms with Crippen LogP contribution in [0.5, 0.6) is 0 Å². The van der Waals surface area contributed by atoms with Crippen LogP contribution < -0.4 is 0 Å². The first kappa shape index (κ1) is 9.90. The van der Waals surface area contributed by atoms with Crippen molar-refractivity contribution in [3.63, 3.8) is 0 Å². The molecule has 0 aliphatic heterocycles. The van der Waals surface area contributed by atoms with Gasteiger partial charge in [0.05, 0.1) is 0 Å². The van der Waals surface area contributed by atoms with Gasteiger partial charge >= 0.3 is 35.5 Å². The summed E-state index contributed by atoms with van der Waals surface area (Å²) in [4.78, 5) is 9.46. The molecule has 0 aliphatic carbocycles. The first-order valence-corrected chi connectivity index (χ1v) is 1.37. The van der Waals surface area contributed by atoms with Gasteiger partial charge in [0.1, 0.15) is 11.9 Å². The zero-order valence-corrected chi connectivity index (χ0v) is 3.45. The molecule has 0 spiro atoms. The van der Waals surface area contributed by atoms with E-state index in [9.17, 15) is 4.79 Å². The van der Waals surface area contributed by atoms with Crippen molar-refractivity contribution in [2.45, 2.75) is 6.92 Å². The van der Waals surface area contributed by atoms with Crippen molar-refractivity contribution in [2.24, 2.45) is 0 Å². The van der Waals surface area contributed by atoms with Gasteiger partial charge in [0.15, 0.2) is 0 Å². The molecule has 0 bridgehead atoms. The predicted molar refractivity (Wildman–Crippen MR) is 24.8 cm³/mol. The van der Waals surface area contributed by atoms with Gasteiger partial charge in [-0.1, -0.05) is 0 Å². The zero-order valence-electron chi connectivity index (χ0n) is 2.69. The van der Waals surface area contributed by atoms with Crippen molar-refractivity contribution in [2.75, 3.05) is 0 Å². The van der Waals surface area contributed by atoms with Gasteiger partial charge in [-0.15, -0.1) is 0 Å². The molecule has 6 heavy (non-hydrogen) atoms. The maximum atomic E-state index is 9.46. The molecule has 4 heteroatoms. The second-order valence-electron chi connectivity index (χ2n) is 0.569. The zero-order chi connectivity index (χ0) is 4.28. The molecule has 0 saturated heterocycles. The van der Waals surface area contributed by atoms with Gasteiger partial charge < -0.3 is 4.29 Å². The summed E-state index contributed by atoms with van der Waals surface area (Å²) in [5.74, 6) is -0.480. The van der Waals surface area contributed by atoms with E-state index in [0.717, 1.165) is 0 Å². The second-order valence-corrected chi connectivity index (χ2v) is 0.723. The number of hydrogen-bond acceptors (Lipinski definition) is 2. The number of halogens is 1. The summed E-state index contributed by atoms with van der Waals surface area (Å²) in [6.07, 6.45) is 0. The molecule has 0 unspecified atom stereocenters. The van der Waals surface area contributed by atoms with E-state index < -0.39 is 5.97 Å². The third kappa shape index (κ3) is 8.83. The number of rotatable bonds is 0. The molecule has 0 amide bonds. The van der Waals surface area contributed by atoms with Crippen LogP contribution in [-0.4, -0.2) is 35.5 Å². The Kier molecular flexibility index (Phi) is 9.50. The molecule has 0 N–H and O–H groups in total. The molecule has 0 fully saturated rings. The van der Waals surface area contributed by atoms with Gasteiger partial charge in [-0.25, -0.2) is 0 Å². The van der Waals surface area contributed by atoms with Crippen LogP contribution in [-0.2, 0) is 9.08 Å². The molecule has 32 valence electrons. The Hall–Kier alpha value is 0.760. The van der Waals surface area contributed by atoms with E-state index in [1.807, 2.05) is 0 Å². The average Bonchev–Trinajstić information content (AvgIpc) is 1.38. The SMILES string of the molecule is CC(=O)OCl.[NaH]. The number of carbonyl (C=O) groups excluding carboxylic acids is 1. The van der Waals surface area contributed by atoms with Gasteiger partial charge in [-0.05, 0) is 0 Å². The fourth-order valence-corrected chi connectivity index (χ4v) is 0. The predicted octanol–water partition coefficient (Wildman–Crippen LogP) is 0.0548. The van der Waals surface area contributed by atoms with Gasteiger partial charge in [0.25, 0.3) is 0 Å². The van der Waals surface area contributed by atoms with E-state index in [-0.39, 0.29) is 29.6 Å². The molecule has 0 atom stereocenters. The van der Waals surface area contributed by atoms with Gasteiger partial charge in [0, 0.05) is 6.92 Å². The van der Waals surface area contributed by atoms with Crippen LogP contribution >= 0.6 is 11.9 Å². The molecule has 0 saturated carbocycles. The van der Waals surface area contributed by atoms with Gasteiger partial charge in [-0.3, -0.25) is 4.79 Å². The molecule has 0 aromatic carbocycles. The van der Waals surface area contributed by atoms with E-state index in [1.54, 1.807) is 0 Å². The quantitative estimate of drug-likeness (QED) is 0.421. The Balaban J connectivity index is 0. The molecule has 0 aromatic rings. The Morgan fingerprint density at radius 3 is 2.00 bits per heavy atom. The molecule has 0 rings (SSSR count). The van der Waals surface area contributed by atoms with Gasteiger partial charge in [0.2, 0.25) is 0 Å². The number of carbonyl (C=O) groups is 1. The third-order valence-corrected chi connectivity index (χ3v) is 0.326. The molecule has 0 aromatic heterocycles. The monoisotopic (exact) mass is 118 g/mol. The summed E-state index contributed by atoms with van der Waals surface area (Å²) in [5, 5.41) is 0. The fourth-order valence-electron chi connectivity index (χ4n) is 0. The van der Waals surface area contributed by atoms with Gasteiger partial charge in [-0.2, -0.15) is 0 Å². The summed E-state index contributed by atoms with van der Waals surface area (Å²) < 4.78 is 3.58. The van der Waals surface area contributed by atoms with Crippen molar-refractivity contribution in [3.8, 4) is 0 Å². The van der Waals surface area contributed by atoms with Crippen LogP contribution in [0.4, 0.5) is 0 Å². The Labute approximate surface area is 63.3 Å². The summed E-state index contributed by atoms with van der Waals surface area (Å²) in [6.45, 7) is 1.23. The Morgan fingerprint density at radius 1 is 1.83 bits per heavy atom. The minimum absolute atomic E-state index is 0. The minimum atomic E-state index is -0.480. The third-order valence-electron chi connectivity index (χ3n) is 0.109. The van der Waals surface area contributed by atoms with Crippen molar-refractivity contribution in [1.82, 2.24) is 0 Å². The van der Waals surface area contributed by atoms with Crippen molar-refractivity contribution in [3.05, 3.63) is 0 Å². The summed E-state index contributed by atoms with van der Waals surface area (Å²) >= 11 is 4.49. The van der Waals surface area contributed by atoms with Crippen molar-refractivity contribution in [1.29, 1.82) is 0 Å². The van der Waals surface area contributed by atoms with E-state index in [4.69, 9.17) is 0 Å². The molecular formula is C2H4ClNaO2. The molecular weight excluding hydrogens is 114 g/mol. The standard InChI is InChI=1S/C2H3ClO2.Na.H/c1-2(4)5-3;;/h1H3;;. The van der Waals surface area contributed by atoms with E-state index >= 15 is 0 Å². The average molecular weight is 118 g/mol. The topological polar surface area (TPSA) is 26.3 Å². The molecule has 0 radical (unpaired) electrons. The van der Waals surface area contributed by atoms with Crippen LogP contribution in [0.15, 0.2) is 0 Å². The molecule has 0 heterocycles. The molecule has 2 nitrogen and oxygen atoms in total. The Bertz CT molecular complexity index is 46.8. The van der Waals surface area contributed by atoms with Crippen LogP contribution in [0.1, 0.15) is 6.92 Å². The second kappa shape index (κ2) is 5.76. The van der Waals surface area contributed by atoms with Crippen LogP contribution in [0.25, 0.3) is 0 Å². The fraction of sp³-hybridized carbons (Fsp3) is 0.500. The van der Waals surface area contributed by atoms with Crippen molar-refractivity contribution >= 4 is 47.4 Å². The van der Waals surface area contributed by atoms with E-state index in [0.29, 0.717) is 0 Å². The summed E-state index contributed by atoms with van der Waals surface area (Å²) in [6, 6.07) is 0. The van der Waals surface area contributed by atoms with Crippen LogP contribution in [0, 0.1) is 0 Å². The normalized spacial score (nSPS) is 5.67. The van der Waals surface area contributed by atoms with E-state index in [2.05, 4.69) is 16.2 Å².